The molecule has 1 unspecified atom stereocenters. The molecule has 2 aromatic rings. The quantitative estimate of drug-likeness (QED) is 0.426. The van der Waals surface area contributed by atoms with Crippen LogP contribution in [0.4, 0.5) is 5.69 Å². The van der Waals surface area contributed by atoms with Crippen molar-refractivity contribution in [2.45, 2.75) is 18.9 Å². The largest absolute Gasteiger partial charge is 0.493 e. The van der Waals surface area contributed by atoms with Crippen molar-refractivity contribution in [1.82, 2.24) is 10.6 Å². The molecule has 1 atom stereocenters. The third-order valence-corrected chi connectivity index (χ3v) is 5.79. The van der Waals surface area contributed by atoms with Crippen LogP contribution in [0.15, 0.2) is 59.1 Å². The lowest BCUT2D eigenvalue weighted by atomic mass is 10.1. The average molecular weight is 560 g/mol. The average Bonchev–Trinajstić information content (AvgIpc) is 3.11. The van der Waals surface area contributed by atoms with Gasteiger partial charge < -0.3 is 24.8 Å². The molecule has 3 N–H and O–H groups in total. The van der Waals surface area contributed by atoms with Crippen LogP contribution in [0.2, 0.25) is 0 Å². The van der Waals surface area contributed by atoms with E-state index in [-0.39, 0.29) is 22.6 Å². The fourth-order valence-corrected chi connectivity index (χ4v) is 4.16. The highest BCUT2D eigenvalue weighted by Crippen LogP contribution is 2.38. The smallest absolute Gasteiger partial charge is 0.257 e. The van der Waals surface area contributed by atoms with Crippen LogP contribution in [0.3, 0.4) is 0 Å². The Kier molecular flexibility index (Phi) is 9.27. The van der Waals surface area contributed by atoms with Crippen LogP contribution >= 0.6 is 28.1 Å². The molecule has 8 nitrogen and oxygen atoms in total. The maximum absolute atomic E-state index is 12.8. The van der Waals surface area contributed by atoms with Crippen LogP contribution in [-0.2, 0) is 0 Å². The van der Waals surface area contributed by atoms with Gasteiger partial charge in [-0.15, -0.1) is 0 Å². The fourth-order valence-electron chi connectivity index (χ4n) is 3.46. The summed E-state index contributed by atoms with van der Waals surface area (Å²) in [5, 5.41) is 8.65. The highest BCUT2D eigenvalue weighted by molar-refractivity contribution is 9.10. The molecule has 2 aromatic carbocycles. The minimum Gasteiger partial charge on any atom is -0.493 e. The zero-order chi connectivity index (χ0) is 25.4. The summed E-state index contributed by atoms with van der Waals surface area (Å²) in [5.74, 6) is 0.389. The molecule has 3 rings (SSSR count). The molecule has 0 bridgehead atoms. The molecule has 0 aliphatic heterocycles. The Morgan fingerprint density at radius 2 is 1.63 bits per heavy atom. The van der Waals surface area contributed by atoms with Gasteiger partial charge in [0.05, 0.1) is 21.3 Å². The van der Waals surface area contributed by atoms with E-state index in [2.05, 4.69) is 38.0 Å². The molecule has 0 aromatic heterocycles. The van der Waals surface area contributed by atoms with Gasteiger partial charge in [-0.2, -0.15) is 0 Å². The van der Waals surface area contributed by atoms with E-state index in [4.69, 9.17) is 26.4 Å². The first-order chi connectivity index (χ1) is 16.8. The van der Waals surface area contributed by atoms with E-state index in [9.17, 15) is 9.59 Å². The van der Waals surface area contributed by atoms with Crippen LogP contribution in [0.25, 0.3) is 0 Å². The van der Waals surface area contributed by atoms with Crippen LogP contribution in [0, 0.1) is 0 Å². The Morgan fingerprint density at radius 3 is 2.29 bits per heavy atom. The standard InChI is InChI=1S/C25H26BrN3O5S/c1-32-20-12-16(13-21(33-2)22(20)34-3)24(31)29-25(35)28-19-11-15(10-17(26)14-19)23(30)27-18-8-6-4-5-7-9-18/h4-6,8,10-14,18H,7,9H2,1-3H3,(H,27,30)(H2,28,29,31,35). The maximum Gasteiger partial charge on any atom is 0.257 e. The second kappa shape index (κ2) is 12.4. The first-order valence-electron chi connectivity index (χ1n) is 10.7. The molecule has 0 spiro atoms. The van der Waals surface area contributed by atoms with Gasteiger partial charge in [0.15, 0.2) is 16.6 Å². The summed E-state index contributed by atoms with van der Waals surface area (Å²) in [6, 6.07) is 8.14. The molecule has 0 fully saturated rings. The number of amides is 2. The van der Waals surface area contributed by atoms with Crippen molar-refractivity contribution in [3.8, 4) is 17.2 Å². The molecule has 10 heteroatoms. The van der Waals surface area contributed by atoms with E-state index < -0.39 is 5.91 Å². The highest BCUT2D eigenvalue weighted by atomic mass is 79.9. The lowest BCUT2D eigenvalue weighted by Gasteiger charge is -2.16. The Balaban J connectivity index is 1.69. The topological polar surface area (TPSA) is 97.9 Å². The Bertz CT molecular complexity index is 1160. The van der Waals surface area contributed by atoms with Crippen molar-refractivity contribution < 1.29 is 23.8 Å². The van der Waals surface area contributed by atoms with Gasteiger partial charge in [-0.25, -0.2) is 0 Å². The van der Waals surface area contributed by atoms with Crippen molar-refractivity contribution in [2.24, 2.45) is 0 Å². The third kappa shape index (κ3) is 7.06. The van der Waals surface area contributed by atoms with Crippen LogP contribution < -0.4 is 30.2 Å². The minimum absolute atomic E-state index is 0.0493. The van der Waals surface area contributed by atoms with E-state index in [1.165, 1.54) is 33.5 Å². The third-order valence-electron chi connectivity index (χ3n) is 5.12. The number of halogens is 1. The Labute approximate surface area is 217 Å². The highest BCUT2D eigenvalue weighted by Gasteiger charge is 2.18. The number of hydrogen-bond acceptors (Lipinski definition) is 6. The molecule has 184 valence electrons. The minimum atomic E-state index is -0.469. The van der Waals surface area contributed by atoms with E-state index in [0.29, 0.717) is 33.0 Å². The van der Waals surface area contributed by atoms with Crippen LogP contribution in [-0.4, -0.2) is 44.3 Å². The summed E-state index contributed by atoms with van der Waals surface area (Å²) in [7, 11) is 4.42. The number of thiocarbonyl (C=S) groups is 1. The number of carbonyl (C=O) groups excluding carboxylic acids is 2. The van der Waals surface area contributed by atoms with Crippen molar-refractivity contribution in [2.75, 3.05) is 26.6 Å². The summed E-state index contributed by atoms with van der Waals surface area (Å²) in [6.07, 6.45) is 9.66. The predicted octanol–water partition coefficient (Wildman–Crippen LogP) is 4.61. The van der Waals surface area contributed by atoms with E-state index in [1.54, 1.807) is 18.2 Å². The zero-order valence-electron chi connectivity index (χ0n) is 19.5. The van der Waals surface area contributed by atoms with Gasteiger partial charge in [-0.05, 0) is 55.4 Å². The van der Waals surface area contributed by atoms with Gasteiger partial charge in [-0.1, -0.05) is 40.2 Å². The number of hydrogen-bond donors (Lipinski definition) is 3. The summed E-state index contributed by atoms with van der Waals surface area (Å²) >= 11 is 8.75. The molecule has 0 radical (unpaired) electrons. The number of carbonyl (C=O) groups is 2. The van der Waals surface area contributed by atoms with Crippen LogP contribution in [0.1, 0.15) is 33.6 Å². The molecule has 0 heterocycles. The molecule has 1 aliphatic carbocycles. The number of ether oxygens (including phenoxy) is 3. The molecule has 2 amide bonds. The molecular weight excluding hydrogens is 534 g/mol. The van der Waals surface area contributed by atoms with Crippen molar-refractivity contribution >= 4 is 50.8 Å². The summed E-state index contributed by atoms with van der Waals surface area (Å²) < 4.78 is 16.6. The Morgan fingerprint density at radius 1 is 0.943 bits per heavy atom. The first kappa shape index (κ1) is 26.2. The van der Waals surface area contributed by atoms with Gasteiger partial charge in [0.1, 0.15) is 0 Å². The van der Waals surface area contributed by atoms with Gasteiger partial charge in [0, 0.05) is 27.3 Å². The van der Waals surface area contributed by atoms with Crippen LogP contribution in [0.5, 0.6) is 17.2 Å². The molecule has 0 saturated heterocycles. The summed E-state index contributed by atoms with van der Waals surface area (Å²) in [4.78, 5) is 25.6. The van der Waals surface area contributed by atoms with E-state index in [0.717, 1.165) is 12.8 Å². The maximum atomic E-state index is 12.8. The lowest BCUT2D eigenvalue weighted by Crippen LogP contribution is -2.34. The number of rotatable bonds is 7. The molecule has 0 saturated carbocycles. The second-order valence-corrected chi connectivity index (χ2v) is 8.85. The Hall–Kier alpha value is -3.37. The molecular formula is C25H26BrN3O5S. The van der Waals surface area contributed by atoms with Crippen molar-refractivity contribution in [3.05, 3.63) is 70.2 Å². The molecule has 1 aliphatic rings. The van der Waals surface area contributed by atoms with Crippen molar-refractivity contribution in [3.63, 3.8) is 0 Å². The van der Waals surface area contributed by atoms with Gasteiger partial charge in [0.2, 0.25) is 5.75 Å². The number of nitrogens with one attached hydrogen (secondary N) is 3. The number of methoxy groups -OCH3 is 3. The zero-order valence-corrected chi connectivity index (χ0v) is 21.9. The summed E-state index contributed by atoms with van der Waals surface area (Å²) in [5.41, 5.74) is 1.26. The normalized spacial score (nSPS) is 14.5. The molecule has 35 heavy (non-hydrogen) atoms. The summed E-state index contributed by atoms with van der Waals surface area (Å²) in [6.45, 7) is 0. The van der Waals surface area contributed by atoms with Crippen molar-refractivity contribution in [1.29, 1.82) is 0 Å². The van der Waals surface area contributed by atoms with Gasteiger partial charge in [0.25, 0.3) is 11.8 Å². The number of allylic oxidation sites excluding steroid dienone is 3. The number of anilines is 1. The first-order valence-corrected chi connectivity index (χ1v) is 11.9. The van der Waals surface area contributed by atoms with Gasteiger partial charge in [-0.3, -0.25) is 14.9 Å². The SMILES string of the molecule is COc1cc(C(=O)NC(=S)Nc2cc(Br)cc(C(=O)NC3C=CC=CCC3)c2)cc(OC)c1OC. The van der Waals surface area contributed by atoms with E-state index >= 15 is 0 Å². The lowest BCUT2D eigenvalue weighted by molar-refractivity contribution is 0.0941. The number of benzene rings is 2. The fraction of sp³-hybridized carbons (Fsp3) is 0.240. The van der Waals surface area contributed by atoms with Gasteiger partial charge >= 0.3 is 0 Å². The second-order valence-electron chi connectivity index (χ2n) is 7.52. The monoisotopic (exact) mass is 559 g/mol. The van der Waals surface area contributed by atoms with E-state index in [1.807, 2.05) is 18.2 Å². The predicted molar refractivity (Wildman–Crippen MR) is 143 cm³/mol.